The molecule has 2 nitrogen and oxygen atoms in total. The van der Waals surface area contributed by atoms with Crippen LogP contribution in [0.15, 0.2) is 41.1 Å². The van der Waals surface area contributed by atoms with Crippen molar-refractivity contribution in [3.63, 3.8) is 0 Å². The first-order valence-electron chi connectivity index (χ1n) is 4.37. The average molecular weight is 247 g/mol. The van der Waals surface area contributed by atoms with Crippen LogP contribution in [0, 0.1) is 0 Å². The maximum Gasteiger partial charge on any atom is 0.130 e. The molecule has 0 spiro atoms. The number of nitrogens with one attached hydrogen (secondary N) is 1. The minimum Gasteiger partial charge on any atom is -0.352 e. The number of nitrogens with zero attached hydrogens (tertiary/aromatic N) is 1. The maximum atomic E-state index is 4.19. The molecule has 0 amide bonds. The molecule has 2 aromatic heterocycles. The summed E-state index contributed by atoms with van der Waals surface area (Å²) in [7, 11) is 0. The molecule has 3 aromatic rings. The summed E-state index contributed by atoms with van der Waals surface area (Å²) in [6.07, 6.45) is 1.81. The minimum atomic E-state index is 0.867. The Morgan fingerprint density at radius 3 is 2.86 bits per heavy atom. The molecule has 0 fully saturated rings. The van der Waals surface area contributed by atoms with Crippen LogP contribution in [0.3, 0.4) is 0 Å². The molecule has 14 heavy (non-hydrogen) atoms. The smallest absolute Gasteiger partial charge is 0.130 e. The molecule has 0 bridgehead atoms. The fourth-order valence-electron chi connectivity index (χ4n) is 1.74. The number of hydrogen-bond acceptors (Lipinski definition) is 1. The number of benzene rings is 1. The second kappa shape index (κ2) is 2.82. The zero-order valence-corrected chi connectivity index (χ0v) is 8.88. The van der Waals surface area contributed by atoms with Gasteiger partial charge in [-0.3, -0.25) is 0 Å². The number of aromatic amines is 1. The van der Waals surface area contributed by atoms with Crippen molar-refractivity contribution >= 4 is 37.7 Å². The Hall–Kier alpha value is -1.35. The standard InChI is InChI=1S/C11H7BrN2/c12-11-10-8(5-6-13-11)7-3-1-2-4-9(7)14-10/h1-6,14H. The first kappa shape index (κ1) is 8.00. The number of hydrogen-bond donors (Lipinski definition) is 1. The summed E-state index contributed by atoms with van der Waals surface area (Å²) in [5.41, 5.74) is 2.21. The molecule has 0 saturated heterocycles. The largest absolute Gasteiger partial charge is 0.352 e. The molecular weight excluding hydrogens is 240 g/mol. The van der Waals surface area contributed by atoms with Crippen LogP contribution in [0.25, 0.3) is 21.8 Å². The number of para-hydroxylation sites is 1. The lowest BCUT2D eigenvalue weighted by molar-refractivity contribution is 1.30. The van der Waals surface area contributed by atoms with E-state index in [1.807, 2.05) is 24.4 Å². The third-order valence-electron chi connectivity index (χ3n) is 2.38. The van der Waals surface area contributed by atoms with Crippen LogP contribution in [0.2, 0.25) is 0 Å². The van der Waals surface area contributed by atoms with E-state index in [-0.39, 0.29) is 0 Å². The molecule has 0 aliphatic heterocycles. The quantitative estimate of drug-likeness (QED) is 0.605. The Kier molecular flexibility index (Phi) is 1.61. The summed E-state index contributed by atoms with van der Waals surface area (Å²) in [5.74, 6) is 0. The van der Waals surface area contributed by atoms with Gasteiger partial charge in [-0.1, -0.05) is 18.2 Å². The van der Waals surface area contributed by atoms with Crippen molar-refractivity contribution in [3.05, 3.63) is 41.1 Å². The third-order valence-corrected chi connectivity index (χ3v) is 2.98. The van der Waals surface area contributed by atoms with Gasteiger partial charge in [-0.15, -0.1) is 0 Å². The molecule has 0 atom stereocenters. The molecule has 3 rings (SSSR count). The lowest BCUT2D eigenvalue weighted by Gasteiger charge is -1.91. The fraction of sp³-hybridized carbons (Fsp3) is 0. The van der Waals surface area contributed by atoms with Crippen molar-refractivity contribution in [1.29, 1.82) is 0 Å². The summed E-state index contributed by atoms with van der Waals surface area (Å²) in [4.78, 5) is 7.52. The van der Waals surface area contributed by atoms with Crippen LogP contribution in [-0.2, 0) is 0 Å². The van der Waals surface area contributed by atoms with Gasteiger partial charge in [0.15, 0.2) is 0 Å². The van der Waals surface area contributed by atoms with E-state index in [9.17, 15) is 0 Å². The van der Waals surface area contributed by atoms with Gasteiger partial charge >= 0.3 is 0 Å². The Morgan fingerprint density at radius 2 is 1.93 bits per heavy atom. The molecule has 0 radical (unpaired) electrons. The Bertz CT molecular complexity index is 613. The number of H-pyrrole nitrogens is 1. The van der Waals surface area contributed by atoms with Gasteiger partial charge in [0, 0.05) is 22.5 Å². The minimum absolute atomic E-state index is 0.867. The molecular formula is C11H7BrN2. The van der Waals surface area contributed by atoms with Gasteiger partial charge in [0.1, 0.15) is 4.60 Å². The summed E-state index contributed by atoms with van der Waals surface area (Å²) >= 11 is 3.43. The van der Waals surface area contributed by atoms with E-state index < -0.39 is 0 Å². The van der Waals surface area contributed by atoms with Gasteiger partial charge < -0.3 is 4.98 Å². The highest BCUT2D eigenvalue weighted by molar-refractivity contribution is 9.10. The van der Waals surface area contributed by atoms with E-state index in [0.29, 0.717) is 0 Å². The summed E-state index contributed by atoms with van der Waals surface area (Å²) in [6.45, 7) is 0. The van der Waals surface area contributed by atoms with E-state index in [1.54, 1.807) is 0 Å². The molecule has 0 aliphatic carbocycles. The number of aromatic nitrogens is 2. The molecule has 68 valence electrons. The highest BCUT2D eigenvalue weighted by Crippen LogP contribution is 2.28. The molecule has 3 heteroatoms. The van der Waals surface area contributed by atoms with Gasteiger partial charge in [0.25, 0.3) is 0 Å². The summed E-state index contributed by atoms with van der Waals surface area (Å²) < 4.78 is 0.867. The van der Waals surface area contributed by atoms with Crippen LogP contribution in [0.5, 0.6) is 0 Å². The molecule has 1 N–H and O–H groups in total. The van der Waals surface area contributed by atoms with Crippen LogP contribution in [0.1, 0.15) is 0 Å². The first-order chi connectivity index (χ1) is 6.86. The second-order valence-electron chi connectivity index (χ2n) is 3.19. The highest BCUT2D eigenvalue weighted by Gasteiger charge is 2.05. The van der Waals surface area contributed by atoms with Gasteiger partial charge in [-0.25, -0.2) is 4.98 Å². The van der Waals surface area contributed by atoms with E-state index in [4.69, 9.17) is 0 Å². The zero-order chi connectivity index (χ0) is 9.54. The van der Waals surface area contributed by atoms with E-state index >= 15 is 0 Å². The summed E-state index contributed by atoms with van der Waals surface area (Å²) in [5, 5.41) is 2.45. The predicted octanol–water partition coefficient (Wildman–Crippen LogP) is 3.48. The zero-order valence-electron chi connectivity index (χ0n) is 7.29. The first-order valence-corrected chi connectivity index (χ1v) is 5.16. The number of fused-ring (bicyclic) bond motifs is 3. The normalized spacial score (nSPS) is 11.2. The highest BCUT2D eigenvalue weighted by atomic mass is 79.9. The van der Waals surface area contributed by atoms with Gasteiger partial charge in [-0.05, 0) is 28.1 Å². The van der Waals surface area contributed by atoms with Crippen molar-refractivity contribution in [2.24, 2.45) is 0 Å². The lowest BCUT2D eigenvalue weighted by Crippen LogP contribution is -1.75. The number of halogens is 1. The molecule has 0 unspecified atom stereocenters. The van der Waals surface area contributed by atoms with E-state index in [1.165, 1.54) is 10.8 Å². The maximum absolute atomic E-state index is 4.19. The second-order valence-corrected chi connectivity index (χ2v) is 3.95. The monoisotopic (exact) mass is 246 g/mol. The number of rotatable bonds is 0. The van der Waals surface area contributed by atoms with Gasteiger partial charge in [0.2, 0.25) is 0 Å². The van der Waals surface area contributed by atoms with E-state index in [0.717, 1.165) is 15.6 Å². The van der Waals surface area contributed by atoms with Gasteiger partial charge in [0.05, 0.1) is 5.52 Å². The van der Waals surface area contributed by atoms with Crippen LogP contribution in [-0.4, -0.2) is 9.97 Å². The topological polar surface area (TPSA) is 28.7 Å². The Labute approximate surface area is 89.1 Å². The molecule has 0 aliphatic rings. The third kappa shape index (κ3) is 0.990. The number of pyridine rings is 1. The van der Waals surface area contributed by atoms with Crippen molar-refractivity contribution in [1.82, 2.24) is 9.97 Å². The van der Waals surface area contributed by atoms with Gasteiger partial charge in [-0.2, -0.15) is 0 Å². The van der Waals surface area contributed by atoms with Crippen molar-refractivity contribution in [3.8, 4) is 0 Å². The molecule has 0 saturated carbocycles. The summed E-state index contributed by atoms with van der Waals surface area (Å²) in [6, 6.07) is 10.3. The van der Waals surface area contributed by atoms with E-state index in [2.05, 4.69) is 38.0 Å². The van der Waals surface area contributed by atoms with Crippen LogP contribution in [0.4, 0.5) is 0 Å². The molecule has 1 aromatic carbocycles. The van der Waals surface area contributed by atoms with Crippen molar-refractivity contribution < 1.29 is 0 Å². The Balaban J connectivity index is 2.63. The SMILES string of the molecule is Brc1nccc2c1[nH]c1ccccc12. The van der Waals surface area contributed by atoms with Crippen molar-refractivity contribution in [2.75, 3.05) is 0 Å². The Morgan fingerprint density at radius 1 is 1.07 bits per heavy atom. The molecule has 2 heterocycles. The fourth-order valence-corrected chi connectivity index (χ4v) is 2.17. The predicted molar refractivity (Wildman–Crippen MR) is 61.3 cm³/mol. The van der Waals surface area contributed by atoms with Crippen LogP contribution >= 0.6 is 15.9 Å². The van der Waals surface area contributed by atoms with Crippen molar-refractivity contribution in [2.45, 2.75) is 0 Å². The van der Waals surface area contributed by atoms with Crippen LogP contribution < -0.4 is 0 Å². The lowest BCUT2D eigenvalue weighted by atomic mass is 10.2. The average Bonchev–Trinajstić information content (AvgIpc) is 2.59.